The molecule has 0 heterocycles. The first-order valence-corrected chi connectivity index (χ1v) is 5.22. The van der Waals surface area contributed by atoms with E-state index in [0.717, 1.165) is 12.8 Å². The lowest BCUT2D eigenvalue weighted by atomic mass is 9.96. The van der Waals surface area contributed by atoms with Gasteiger partial charge >= 0.3 is 0 Å². The summed E-state index contributed by atoms with van der Waals surface area (Å²) in [5.41, 5.74) is 0.0684. The van der Waals surface area contributed by atoms with Crippen LogP contribution in [0, 0.1) is 22.7 Å². The first-order chi connectivity index (χ1) is 6.77. The van der Waals surface area contributed by atoms with Gasteiger partial charge in [0.1, 0.15) is 12.1 Å². The number of thiol groups is 1. The molecule has 1 saturated carbocycles. The number of hydrogen-bond acceptors (Lipinski definition) is 4. The smallest absolute Gasteiger partial charge is 0.159 e. The van der Waals surface area contributed by atoms with E-state index in [1.807, 2.05) is 12.1 Å². The number of nitrogens with one attached hydrogen (secondary N) is 1. The molecule has 0 radical (unpaired) electrons. The summed E-state index contributed by atoms with van der Waals surface area (Å²) in [5, 5.41) is 20.8. The van der Waals surface area contributed by atoms with Crippen LogP contribution in [0.2, 0.25) is 0 Å². The Morgan fingerprint density at radius 1 is 1.14 bits per heavy atom. The van der Waals surface area contributed by atoms with Gasteiger partial charge in [0.2, 0.25) is 0 Å². The van der Waals surface area contributed by atoms with Gasteiger partial charge in [-0.25, -0.2) is 0 Å². The van der Waals surface area contributed by atoms with Crippen LogP contribution < -0.4 is 5.32 Å². The summed E-state index contributed by atoms with van der Waals surface area (Å²) in [6.07, 6.45) is 5.93. The van der Waals surface area contributed by atoms with Crippen molar-refractivity contribution in [2.75, 3.05) is 0 Å². The van der Waals surface area contributed by atoms with Gasteiger partial charge in [-0.15, -0.1) is 12.6 Å². The maximum atomic E-state index is 8.61. The van der Waals surface area contributed by atoms with Crippen molar-refractivity contribution in [3.63, 3.8) is 0 Å². The number of allylic oxidation sites excluding steroid dienone is 1. The molecule has 0 aliphatic heterocycles. The Labute approximate surface area is 89.8 Å². The largest absolute Gasteiger partial charge is 0.376 e. The van der Waals surface area contributed by atoms with Crippen LogP contribution in [-0.4, -0.2) is 6.04 Å². The number of rotatable bonds is 2. The van der Waals surface area contributed by atoms with Crippen molar-refractivity contribution in [3.8, 4) is 12.1 Å². The maximum absolute atomic E-state index is 8.61. The number of hydrogen-bond donors (Lipinski definition) is 2. The van der Waals surface area contributed by atoms with Gasteiger partial charge in [-0.3, -0.25) is 0 Å². The lowest BCUT2D eigenvalue weighted by Gasteiger charge is -2.23. The van der Waals surface area contributed by atoms with Crippen molar-refractivity contribution in [1.29, 1.82) is 10.5 Å². The second-order valence-corrected chi connectivity index (χ2v) is 3.87. The van der Waals surface area contributed by atoms with Crippen LogP contribution in [-0.2, 0) is 0 Å². The molecule has 14 heavy (non-hydrogen) atoms. The zero-order valence-electron chi connectivity index (χ0n) is 7.95. The van der Waals surface area contributed by atoms with Crippen LogP contribution >= 0.6 is 12.6 Å². The second kappa shape index (κ2) is 5.57. The highest BCUT2D eigenvalue weighted by Crippen LogP contribution is 2.19. The van der Waals surface area contributed by atoms with Gasteiger partial charge in [-0.1, -0.05) is 19.3 Å². The summed E-state index contributed by atoms with van der Waals surface area (Å²) in [6, 6.07) is 4.02. The average molecular weight is 207 g/mol. The van der Waals surface area contributed by atoms with Crippen LogP contribution in [0.4, 0.5) is 0 Å². The molecule has 0 aromatic carbocycles. The highest BCUT2D eigenvalue weighted by Gasteiger charge is 2.14. The Bertz CT molecular complexity index is 286. The van der Waals surface area contributed by atoms with E-state index in [9.17, 15) is 0 Å². The third kappa shape index (κ3) is 2.97. The molecule has 1 aliphatic carbocycles. The van der Waals surface area contributed by atoms with Crippen molar-refractivity contribution in [2.45, 2.75) is 38.1 Å². The molecule has 0 aromatic heterocycles. The molecule has 0 amide bonds. The van der Waals surface area contributed by atoms with Crippen LogP contribution in [0.15, 0.2) is 10.6 Å². The highest BCUT2D eigenvalue weighted by atomic mass is 32.1. The predicted molar refractivity (Wildman–Crippen MR) is 57.2 cm³/mol. The molecule has 0 bridgehead atoms. The Morgan fingerprint density at radius 2 is 1.71 bits per heavy atom. The van der Waals surface area contributed by atoms with Gasteiger partial charge in [0.05, 0.1) is 5.03 Å². The lowest BCUT2D eigenvalue weighted by Crippen LogP contribution is -2.29. The van der Waals surface area contributed by atoms with E-state index in [-0.39, 0.29) is 5.57 Å². The molecule has 0 aromatic rings. The van der Waals surface area contributed by atoms with Gasteiger partial charge in [0.15, 0.2) is 5.57 Å². The molecule has 1 N–H and O–H groups in total. The summed E-state index contributed by atoms with van der Waals surface area (Å²) in [7, 11) is 0. The predicted octanol–water partition coefficient (Wildman–Crippen LogP) is 2.10. The van der Waals surface area contributed by atoms with E-state index in [4.69, 9.17) is 10.5 Å². The zero-order chi connectivity index (χ0) is 10.4. The number of nitriles is 2. The fourth-order valence-corrected chi connectivity index (χ4v) is 1.93. The first kappa shape index (κ1) is 10.9. The van der Waals surface area contributed by atoms with Crippen molar-refractivity contribution < 1.29 is 0 Å². The van der Waals surface area contributed by atoms with Crippen LogP contribution in [0.25, 0.3) is 0 Å². The fourth-order valence-electron chi connectivity index (χ4n) is 1.64. The van der Waals surface area contributed by atoms with Crippen molar-refractivity contribution in [2.24, 2.45) is 0 Å². The highest BCUT2D eigenvalue weighted by molar-refractivity contribution is 7.84. The fraction of sp³-hybridized carbons (Fsp3) is 0.600. The molecule has 0 spiro atoms. The van der Waals surface area contributed by atoms with Gasteiger partial charge in [0, 0.05) is 6.04 Å². The van der Waals surface area contributed by atoms with Gasteiger partial charge in [-0.05, 0) is 12.8 Å². The monoisotopic (exact) mass is 207 g/mol. The summed E-state index contributed by atoms with van der Waals surface area (Å²) < 4.78 is 0. The van der Waals surface area contributed by atoms with E-state index in [0.29, 0.717) is 11.1 Å². The Morgan fingerprint density at radius 3 is 2.21 bits per heavy atom. The lowest BCUT2D eigenvalue weighted by molar-refractivity contribution is 0.402. The Balaban J connectivity index is 2.55. The molecule has 1 aliphatic rings. The van der Waals surface area contributed by atoms with Crippen molar-refractivity contribution in [3.05, 3.63) is 10.6 Å². The average Bonchev–Trinajstić information content (AvgIpc) is 2.21. The molecular weight excluding hydrogens is 194 g/mol. The van der Waals surface area contributed by atoms with E-state index in [1.165, 1.54) is 19.3 Å². The van der Waals surface area contributed by atoms with Crippen LogP contribution in [0.1, 0.15) is 32.1 Å². The van der Waals surface area contributed by atoms with Crippen LogP contribution in [0.3, 0.4) is 0 Å². The zero-order valence-corrected chi connectivity index (χ0v) is 8.85. The molecule has 1 fully saturated rings. The van der Waals surface area contributed by atoms with Crippen molar-refractivity contribution >= 4 is 12.6 Å². The quantitative estimate of drug-likeness (QED) is 0.538. The van der Waals surface area contributed by atoms with Crippen molar-refractivity contribution in [1.82, 2.24) is 5.32 Å². The van der Waals surface area contributed by atoms with Gasteiger partial charge in [-0.2, -0.15) is 10.5 Å². The van der Waals surface area contributed by atoms with E-state index in [1.54, 1.807) is 0 Å². The number of nitrogens with zero attached hydrogens (tertiary/aromatic N) is 2. The molecule has 0 atom stereocenters. The topological polar surface area (TPSA) is 59.6 Å². The summed E-state index contributed by atoms with van der Waals surface area (Å²) in [5.74, 6) is 0. The van der Waals surface area contributed by atoms with Gasteiger partial charge in [0.25, 0.3) is 0 Å². The minimum absolute atomic E-state index is 0.0684. The third-order valence-corrected chi connectivity index (χ3v) is 2.76. The minimum atomic E-state index is 0.0684. The van der Waals surface area contributed by atoms with E-state index >= 15 is 0 Å². The standard InChI is InChI=1S/C10H13N3S/c11-6-8(7-12)10(14)13-9-4-2-1-3-5-9/h9,13-14H,1-5H2. The van der Waals surface area contributed by atoms with E-state index < -0.39 is 0 Å². The molecule has 3 nitrogen and oxygen atoms in total. The minimum Gasteiger partial charge on any atom is -0.376 e. The Kier molecular flexibility index (Phi) is 4.35. The molecular formula is C10H13N3S. The molecule has 4 heteroatoms. The Hall–Kier alpha value is -1.13. The summed E-state index contributed by atoms with van der Waals surface area (Å²) in [6.45, 7) is 0. The van der Waals surface area contributed by atoms with Crippen LogP contribution in [0.5, 0.6) is 0 Å². The molecule has 1 rings (SSSR count). The molecule has 0 saturated heterocycles. The summed E-state index contributed by atoms with van der Waals surface area (Å²) in [4.78, 5) is 0. The third-order valence-electron chi connectivity index (χ3n) is 2.41. The van der Waals surface area contributed by atoms with Gasteiger partial charge < -0.3 is 5.32 Å². The second-order valence-electron chi connectivity index (χ2n) is 3.43. The van der Waals surface area contributed by atoms with E-state index in [2.05, 4.69) is 17.9 Å². The molecule has 0 unspecified atom stereocenters. The maximum Gasteiger partial charge on any atom is 0.159 e. The summed E-state index contributed by atoms with van der Waals surface area (Å²) >= 11 is 4.12. The first-order valence-electron chi connectivity index (χ1n) is 4.78. The SMILES string of the molecule is N#CC(C#N)=C(S)NC1CCCCC1. The normalized spacial score (nSPS) is 16.5. The molecule has 74 valence electrons.